The van der Waals surface area contributed by atoms with E-state index >= 15 is 0 Å². The average Bonchev–Trinajstić information content (AvgIpc) is 1.88. The van der Waals surface area contributed by atoms with Crippen molar-refractivity contribution in [3.05, 3.63) is 0 Å². The standard InChI is InChI=1S/C7H15N2O/c1-6(8)2-7-3-9-5-10-4-7/h6-7H,2-5,8H2,1H3. The van der Waals surface area contributed by atoms with Crippen LogP contribution in [0.3, 0.4) is 0 Å². The lowest BCUT2D eigenvalue weighted by atomic mass is 10.0. The summed E-state index contributed by atoms with van der Waals surface area (Å²) in [5.74, 6) is 0.564. The van der Waals surface area contributed by atoms with E-state index in [1.807, 2.05) is 6.92 Å². The molecule has 0 spiro atoms. The quantitative estimate of drug-likeness (QED) is 0.588. The molecular formula is C7H15N2O. The lowest BCUT2D eigenvalue weighted by Gasteiger charge is -2.22. The Balaban J connectivity index is 2.13. The molecule has 0 bridgehead atoms. The van der Waals surface area contributed by atoms with Gasteiger partial charge >= 0.3 is 0 Å². The largest absolute Gasteiger partial charge is 0.364 e. The van der Waals surface area contributed by atoms with Gasteiger partial charge in [0, 0.05) is 12.6 Å². The molecule has 0 aromatic heterocycles. The molecule has 59 valence electrons. The molecule has 3 heteroatoms. The Morgan fingerprint density at radius 1 is 1.80 bits per heavy atom. The van der Waals surface area contributed by atoms with Gasteiger partial charge in [-0.05, 0) is 19.3 Å². The summed E-state index contributed by atoms with van der Waals surface area (Å²) in [4.78, 5) is 0. The second kappa shape index (κ2) is 3.91. The summed E-state index contributed by atoms with van der Waals surface area (Å²) in [5.41, 5.74) is 5.63. The molecule has 1 aliphatic rings. The first kappa shape index (κ1) is 7.98. The van der Waals surface area contributed by atoms with E-state index in [2.05, 4.69) is 5.32 Å². The van der Waals surface area contributed by atoms with Crippen LogP contribution >= 0.6 is 0 Å². The summed E-state index contributed by atoms with van der Waals surface area (Å²) in [7, 11) is 0. The van der Waals surface area contributed by atoms with Crippen LogP contribution in [-0.2, 0) is 4.74 Å². The van der Waals surface area contributed by atoms with Gasteiger partial charge in [0.2, 0.25) is 0 Å². The maximum Gasteiger partial charge on any atom is 0.112 e. The van der Waals surface area contributed by atoms with Crippen LogP contribution in [0.2, 0.25) is 0 Å². The topological polar surface area (TPSA) is 49.4 Å². The van der Waals surface area contributed by atoms with Crippen molar-refractivity contribution >= 4 is 0 Å². The first-order chi connectivity index (χ1) is 4.79. The lowest BCUT2D eigenvalue weighted by Crippen LogP contribution is -2.33. The third-order valence-electron chi connectivity index (χ3n) is 1.63. The van der Waals surface area contributed by atoms with Crippen LogP contribution in [0.4, 0.5) is 0 Å². The van der Waals surface area contributed by atoms with E-state index < -0.39 is 0 Å². The Labute approximate surface area is 61.9 Å². The second-order valence-corrected chi connectivity index (χ2v) is 2.99. The number of hydrogen-bond donors (Lipinski definition) is 1. The van der Waals surface area contributed by atoms with E-state index in [1.165, 1.54) is 0 Å². The van der Waals surface area contributed by atoms with Crippen molar-refractivity contribution in [2.24, 2.45) is 11.7 Å². The Hall–Kier alpha value is -0.120. The smallest absolute Gasteiger partial charge is 0.112 e. The number of nitrogens with two attached hydrogens (primary N) is 1. The van der Waals surface area contributed by atoms with Crippen LogP contribution < -0.4 is 11.1 Å². The highest BCUT2D eigenvalue weighted by Crippen LogP contribution is 2.08. The normalized spacial score (nSPS) is 30.0. The van der Waals surface area contributed by atoms with Crippen molar-refractivity contribution in [1.82, 2.24) is 5.32 Å². The third-order valence-corrected chi connectivity index (χ3v) is 1.63. The highest BCUT2D eigenvalue weighted by Gasteiger charge is 2.14. The molecule has 0 saturated carbocycles. The minimum atomic E-state index is 0.280. The van der Waals surface area contributed by atoms with Gasteiger partial charge < -0.3 is 10.5 Å². The fourth-order valence-corrected chi connectivity index (χ4v) is 1.24. The third kappa shape index (κ3) is 2.64. The predicted molar refractivity (Wildman–Crippen MR) is 39.6 cm³/mol. The summed E-state index contributed by atoms with van der Waals surface area (Å²) < 4.78 is 5.16. The zero-order valence-corrected chi connectivity index (χ0v) is 6.42. The first-order valence-corrected chi connectivity index (χ1v) is 3.75. The fraction of sp³-hybridized carbons (Fsp3) is 1.00. The highest BCUT2D eigenvalue weighted by atomic mass is 16.5. The van der Waals surface area contributed by atoms with Gasteiger partial charge in [0.25, 0.3) is 0 Å². The summed E-state index contributed by atoms with van der Waals surface area (Å²) in [6.45, 7) is 4.37. The molecule has 1 saturated heterocycles. The maximum absolute atomic E-state index is 5.63. The van der Waals surface area contributed by atoms with Crippen LogP contribution in [0, 0.1) is 5.92 Å². The maximum atomic E-state index is 5.63. The summed E-state index contributed by atoms with van der Waals surface area (Å²) in [6, 6.07) is 0.280. The van der Waals surface area contributed by atoms with E-state index in [1.54, 1.807) is 0 Å². The number of nitrogens with zero attached hydrogens (tertiary/aromatic N) is 1. The van der Waals surface area contributed by atoms with Gasteiger partial charge in [-0.15, -0.1) is 0 Å². The Morgan fingerprint density at radius 3 is 3.10 bits per heavy atom. The Kier molecular flexibility index (Phi) is 3.12. The SMILES string of the molecule is CC(N)CC1C[N]COC1. The molecule has 1 aliphatic heterocycles. The van der Waals surface area contributed by atoms with Gasteiger partial charge in [-0.25, -0.2) is 5.32 Å². The van der Waals surface area contributed by atoms with Gasteiger partial charge in [-0.3, -0.25) is 0 Å². The monoisotopic (exact) mass is 143 g/mol. The van der Waals surface area contributed by atoms with Crippen LogP contribution in [0.25, 0.3) is 0 Å². The molecule has 1 radical (unpaired) electrons. The van der Waals surface area contributed by atoms with Crippen molar-refractivity contribution in [2.75, 3.05) is 19.9 Å². The summed E-state index contributed by atoms with van der Waals surface area (Å²) in [6.07, 6.45) is 1.03. The molecule has 0 aromatic rings. The van der Waals surface area contributed by atoms with Crippen molar-refractivity contribution in [1.29, 1.82) is 0 Å². The van der Waals surface area contributed by atoms with Crippen molar-refractivity contribution in [3.63, 3.8) is 0 Å². The minimum Gasteiger partial charge on any atom is -0.364 e. The van der Waals surface area contributed by atoms with Crippen molar-refractivity contribution in [2.45, 2.75) is 19.4 Å². The van der Waals surface area contributed by atoms with Crippen LogP contribution in [-0.4, -0.2) is 25.9 Å². The molecule has 0 aliphatic carbocycles. The zero-order valence-electron chi connectivity index (χ0n) is 6.42. The predicted octanol–water partition coefficient (Wildman–Crippen LogP) is -0.0680. The molecule has 2 atom stereocenters. The Morgan fingerprint density at radius 2 is 2.60 bits per heavy atom. The molecule has 2 N–H and O–H groups in total. The molecular weight excluding hydrogens is 128 g/mol. The molecule has 1 rings (SSSR count). The lowest BCUT2D eigenvalue weighted by molar-refractivity contribution is 0.0386. The zero-order chi connectivity index (χ0) is 7.40. The number of hydrogen-bond acceptors (Lipinski definition) is 2. The molecule has 0 amide bonds. The first-order valence-electron chi connectivity index (χ1n) is 3.75. The van der Waals surface area contributed by atoms with Crippen LogP contribution in [0.1, 0.15) is 13.3 Å². The summed E-state index contributed by atoms with van der Waals surface area (Å²) in [5, 5.41) is 4.13. The van der Waals surface area contributed by atoms with Crippen molar-refractivity contribution in [3.8, 4) is 0 Å². The molecule has 3 nitrogen and oxygen atoms in total. The van der Waals surface area contributed by atoms with E-state index in [0.717, 1.165) is 19.6 Å². The number of ether oxygens (including phenoxy) is 1. The molecule has 0 aromatic carbocycles. The summed E-state index contributed by atoms with van der Waals surface area (Å²) >= 11 is 0. The second-order valence-electron chi connectivity index (χ2n) is 2.99. The van der Waals surface area contributed by atoms with E-state index in [-0.39, 0.29) is 6.04 Å². The fourth-order valence-electron chi connectivity index (χ4n) is 1.24. The van der Waals surface area contributed by atoms with Gasteiger partial charge in [0.15, 0.2) is 0 Å². The molecule has 1 heterocycles. The van der Waals surface area contributed by atoms with E-state index in [0.29, 0.717) is 12.6 Å². The van der Waals surface area contributed by atoms with Gasteiger partial charge in [-0.2, -0.15) is 0 Å². The van der Waals surface area contributed by atoms with Gasteiger partial charge in [0.1, 0.15) is 6.73 Å². The number of rotatable bonds is 2. The molecule has 10 heavy (non-hydrogen) atoms. The van der Waals surface area contributed by atoms with Crippen molar-refractivity contribution < 1.29 is 4.74 Å². The van der Waals surface area contributed by atoms with Crippen LogP contribution in [0.15, 0.2) is 0 Å². The van der Waals surface area contributed by atoms with E-state index in [4.69, 9.17) is 10.5 Å². The average molecular weight is 143 g/mol. The molecule has 2 unspecified atom stereocenters. The van der Waals surface area contributed by atoms with Gasteiger partial charge in [-0.1, -0.05) is 0 Å². The molecule has 1 fully saturated rings. The van der Waals surface area contributed by atoms with Crippen LogP contribution in [0.5, 0.6) is 0 Å². The highest BCUT2D eigenvalue weighted by molar-refractivity contribution is 4.68. The minimum absolute atomic E-state index is 0.280. The van der Waals surface area contributed by atoms with E-state index in [9.17, 15) is 0 Å². The van der Waals surface area contributed by atoms with Gasteiger partial charge in [0.05, 0.1) is 6.61 Å². The Bertz CT molecular complexity index is 89.6.